The van der Waals surface area contributed by atoms with Crippen molar-refractivity contribution >= 4 is 18.0 Å². The minimum atomic E-state index is -1.34. The molecule has 0 aliphatic carbocycles. The van der Waals surface area contributed by atoms with Gasteiger partial charge in [-0.1, -0.05) is 30.3 Å². The third-order valence-electron chi connectivity index (χ3n) is 3.95. The molecule has 9 nitrogen and oxygen atoms in total. The number of aliphatic hydroxyl groups excluding tert-OH is 1. The van der Waals surface area contributed by atoms with Crippen molar-refractivity contribution < 1.29 is 33.7 Å². The van der Waals surface area contributed by atoms with E-state index in [0.717, 1.165) is 5.56 Å². The summed E-state index contributed by atoms with van der Waals surface area (Å²) in [5, 5.41) is 14.9. The van der Waals surface area contributed by atoms with Gasteiger partial charge in [0.25, 0.3) is 0 Å². The number of nitrogens with one attached hydrogen (secondary N) is 2. The molecule has 0 saturated heterocycles. The highest BCUT2D eigenvalue weighted by Crippen LogP contribution is 2.10. The Kier molecular flexibility index (Phi) is 10.1. The Balaban J connectivity index is 2.88. The molecule has 1 aromatic rings. The second-order valence-corrected chi connectivity index (χ2v) is 9.44. The first-order valence-corrected chi connectivity index (χ1v) is 10.5. The van der Waals surface area contributed by atoms with Crippen molar-refractivity contribution in [1.29, 1.82) is 0 Å². The summed E-state index contributed by atoms with van der Waals surface area (Å²) in [6, 6.07) is 6.61. The summed E-state index contributed by atoms with van der Waals surface area (Å²) >= 11 is 0. The summed E-state index contributed by atoms with van der Waals surface area (Å²) in [7, 11) is 0. The van der Waals surface area contributed by atoms with Crippen LogP contribution in [0.5, 0.6) is 0 Å². The molecule has 0 radical (unpaired) electrons. The molecule has 0 spiro atoms. The smallest absolute Gasteiger partial charge is 0.408 e. The maximum absolute atomic E-state index is 12.8. The summed E-state index contributed by atoms with van der Waals surface area (Å²) in [6.07, 6.45) is -2.11. The van der Waals surface area contributed by atoms with Gasteiger partial charge in [0.05, 0.1) is 18.3 Å². The molecular weight excluding hydrogens is 416 g/mol. The lowest BCUT2D eigenvalue weighted by molar-refractivity contribution is -0.153. The summed E-state index contributed by atoms with van der Waals surface area (Å²) in [6.45, 7) is 11.7. The number of benzene rings is 1. The lowest BCUT2D eigenvalue weighted by Crippen LogP contribution is -2.57. The zero-order valence-corrected chi connectivity index (χ0v) is 19.9. The van der Waals surface area contributed by atoms with Crippen LogP contribution in [0.25, 0.3) is 0 Å². The predicted molar refractivity (Wildman–Crippen MR) is 119 cm³/mol. The second kappa shape index (κ2) is 11.8. The fourth-order valence-electron chi connectivity index (χ4n) is 2.43. The molecular formula is C23H36N2O7. The Bertz CT molecular complexity index is 752. The first-order chi connectivity index (χ1) is 14.7. The Morgan fingerprint density at radius 2 is 1.56 bits per heavy atom. The number of alkyl carbamates (subject to hydrolysis) is 1. The van der Waals surface area contributed by atoms with E-state index in [2.05, 4.69) is 10.6 Å². The Morgan fingerprint density at radius 1 is 0.969 bits per heavy atom. The quantitative estimate of drug-likeness (QED) is 0.491. The SMILES string of the molecule is C[C@@H](O)[C@H](NC(=O)OC(C)(C)C)C(=O)N[C@@H](COC(C)(C)C)C(=O)OCc1ccccc1. The van der Waals surface area contributed by atoms with Gasteiger partial charge < -0.3 is 30.0 Å². The maximum Gasteiger partial charge on any atom is 0.408 e. The molecule has 1 rings (SSSR count). The largest absolute Gasteiger partial charge is 0.459 e. The van der Waals surface area contributed by atoms with Gasteiger partial charge in [0.1, 0.15) is 18.2 Å². The van der Waals surface area contributed by atoms with Crippen molar-refractivity contribution in [3.8, 4) is 0 Å². The first kappa shape index (κ1) is 27.4. The number of amides is 2. The van der Waals surface area contributed by atoms with Gasteiger partial charge in [0.2, 0.25) is 5.91 Å². The van der Waals surface area contributed by atoms with E-state index in [1.165, 1.54) is 6.92 Å². The zero-order chi connectivity index (χ0) is 24.5. The molecule has 0 aromatic heterocycles. The van der Waals surface area contributed by atoms with Crippen LogP contribution in [0.3, 0.4) is 0 Å². The minimum Gasteiger partial charge on any atom is -0.459 e. The van der Waals surface area contributed by atoms with Gasteiger partial charge in [-0.2, -0.15) is 0 Å². The number of aliphatic hydroxyl groups is 1. The van der Waals surface area contributed by atoms with Crippen molar-refractivity contribution in [2.45, 2.75) is 84.5 Å². The molecule has 0 saturated carbocycles. The number of rotatable bonds is 9. The lowest BCUT2D eigenvalue weighted by atomic mass is 10.1. The van der Waals surface area contributed by atoms with Gasteiger partial charge in [-0.15, -0.1) is 0 Å². The summed E-state index contributed by atoms with van der Waals surface area (Å²) in [5.41, 5.74) is -0.564. The fourth-order valence-corrected chi connectivity index (χ4v) is 2.43. The zero-order valence-electron chi connectivity index (χ0n) is 19.9. The second-order valence-electron chi connectivity index (χ2n) is 9.44. The topological polar surface area (TPSA) is 123 Å². The van der Waals surface area contributed by atoms with Crippen molar-refractivity contribution in [3.05, 3.63) is 35.9 Å². The molecule has 0 fully saturated rings. The van der Waals surface area contributed by atoms with Crippen molar-refractivity contribution in [1.82, 2.24) is 10.6 Å². The molecule has 180 valence electrons. The van der Waals surface area contributed by atoms with Gasteiger partial charge in [0, 0.05) is 0 Å². The van der Waals surface area contributed by atoms with Crippen LogP contribution in [0.4, 0.5) is 4.79 Å². The van der Waals surface area contributed by atoms with E-state index < -0.39 is 47.4 Å². The first-order valence-electron chi connectivity index (χ1n) is 10.5. The molecule has 9 heteroatoms. The number of carbonyl (C=O) groups excluding carboxylic acids is 3. The summed E-state index contributed by atoms with van der Waals surface area (Å²) < 4.78 is 16.1. The molecule has 32 heavy (non-hydrogen) atoms. The number of hydrogen-bond acceptors (Lipinski definition) is 7. The average Bonchev–Trinajstić information content (AvgIpc) is 2.65. The number of esters is 1. The summed E-state index contributed by atoms with van der Waals surface area (Å²) in [4.78, 5) is 37.5. The predicted octanol–water partition coefficient (Wildman–Crippen LogP) is 2.30. The molecule has 0 heterocycles. The Labute approximate surface area is 189 Å². The van der Waals surface area contributed by atoms with Crippen LogP contribution in [0, 0.1) is 0 Å². The van der Waals surface area contributed by atoms with Gasteiger partial charge in [-0.05, 0) is 54.0 Å². The van der Waals surface area contributed by atoms with Gasteiger partial charge in [0.15, 0.2) is 6.04 Å². The van der Waals surface area contributed by atoms with Gasteiger partial charge in [-0.3, -0.25) is 4.79 Å². The molecule has 3 N–H and O–H groups in total. The van der Waals surface area contributed by atoms with E-state index in [-0.39, 0.29) is 13.2 Å². The van der Waals surface area contributed by atoms with Crippen LogP contribution < -0.4 is 10.6 Å². The third kappa shape index (κ3) is 11.1. The van der Waals surface area contributed by atoms with Crippen LogP contribution >= 0.6 is 0 Å². The standard InChI is InChI=1S/C23H36N2O7/c1-15(26)18(25-21(29)32-23(5,6)7)19(27)24-17(14-31-22(2,3)4)20(28)30-13-16-11-9-8-10-12-16/h8-12,15,17-18,26H,13-14H2,1-7H3,(H,24,27)(H,25,29)/t15-,17+,18+/m1/s1. The normalized spacial score (nSPS) is 14.6. The molecule has 0 unspecified atom stereocenters. The Morgan fingerprint density at radius 3 is 2.06 bits per heavy atom. The highest BCUT2D eigenvalue weighted by Gasteiger charge is 2.32. The van der Waals surface area contributed by atoms with Gasteiger partial charge in [-0.25, -0.2) is 9.59 Å². The van der Waals surface area contributed by atoms with Gasteiger partial charge >= 0.3 is 12.1 Å². The van der Waals surface area contributed by atoms with E-state index in [1.807, 2.05) is 39.0 Å². The van der Waals surface area contributed by atoms with Crippen molar-refractivity contribution in [3.63, 3.8) is 0 Å². The lowest BCUT2D eigenvalue weighted by Gasteiger charge is -2.27. The monoisotopic (exact) mass is 452 g/mol. The highest BCUT2D eigenvalue weighted by molar-refractivity contribution is 5.90. The van der Waals surface area contributed by atoms with E-state index >= 15 is 0 Å². The molecule has 1 aromatic carbocycles. The fraction of sp³-hybridized carbons (Fsp3) is 0.609. The number of hydrogen-bond donors (Lipinski definition) is 3. The molecule has 0 bridgehead atoms. The van der Waals surface area contributed by atoms with Crippen molar-refractivity contribution in [2.24, 2.45) is 0 Å². The molecule has 0 aliphatic heterocycles. The molecule has 3 atom stereocenters. The Hall–Kier alpha value is -2.65. The number of ether oxygens (including phenoxy) is 3. The number of carbonyl (C=O) groups is 3. The van der Waals surface area contributed by atoms with E-state index in [1.54, 1.807) is 32.9 Å². The van der Waals surface area contributed by atoms with Crippen molar-refractivity contribution in [2.75, 3.05) is 6.61 Å². The van der Waals surface area contributed by atoms with Crippen LogP contribution in [0.15, 0.2) is 30.3 Å². The van der Waals surface area contributed by atoms with E-state index in [0.29, 0.717) is 0 Å². The van der Waals surface area contributed by atoms with Crippen LogP contribution in [0.1, 0.15) is 54.0 Å². The maximum atomic E-state index is 12.8. The van der Waals surface area contributed by atoms with Crippen LogP contribution in [-0.4, -0.2) is 59.1 Å². The van der Waals surface area contributed by atoms with Crippen LogP contribution in [-0.2, 0) is 30.4 Å². The van der Waals surface area contributed by atoms with E-state index in [9.17, 15) is 19.5 Å². The molecule has 2 amide bonds. The van der Waals surface area contributed by atoms with E-state index in [4.69, 9.17) is 14.2 Å². The highest BCUT2D eigenvalue weighted by atomic mass is 16.6. The summed E-state index contributed by atoms with van der Waals surface area (Å²) in [5.74, 6) is -1.47. The molecule has 0 aliphatic rings. The minimum absolute atomic E-state index is 0.0253. The third-order valence-corrected chi connectivity index (χ3v) is 3.95. The van der Waals surface area contributed by atoms with Crippen LogP contribution in [0.2, 0.25) is 0 Å². The average molecular weight is 453 g/mol.